The third-order valence-corrected chi connectivity index (χ3v) is 5.39. The Balaban J connectivity index is 0.00000108. The molecule has 0 fully saturated rings. The van der Waals surface area contributed by atoms with Gasteiger partial charge in [-0.05, 0) is 67.4 Å². The molecule has 0 aromatic heterocycles. The zero-order chi connectivity index (χ0) is 31.1. The van der Waals surface area contributed by atoms with Crippen molar-refractivity contribution in [3.05, 3.63) is 89.0 Å². The Morgan fingerprint density at radius 2 is 1.34 bits per heavy atom. The molecule has 41 heavy (non-hydrogen) atoms. The van der Waals surface area contributed by atoms with Crippen molar-refractivity contribution in [2.24, 2.45) is 5.73 Å². The number of anilines is 1. The van der Waals surface area contributed by atoms with Gasteiger partial charge in [-0.2, -0.15) is 8.42 Å². The van der Waals surface area contributed by atoms with E-state index in [0.717, 1.165) is 6.07 Å². The van der Waals surface area contributed by atoms with Crippen molar-refractivity contribution in [3.8, 4) is 11.1 Å². The van der Waals surface area contributed by atoms with Crippen LogP contribution in [0.4, 0.5) is 5.69 Å². The highest BCUT2D eigenvalue weighted by molar-refractivity contribution is 7.85. The SMILES string of the molecule is CC(C)(NC(=O)c1ccc(-c2ccccc2C(=O)Nc2ccc(C(=N)N)cc2)c(C(=O)O)c1)C(=O)O.CS(=O)(=O)O. The maximum absolute atomic E-state index is 13.1. The van der Waals surface area contributed by atoms with Gasteiger partial charge in [0.25, 0.3) is 21.9 Å². The number of nitrogen functional groups attached to an aromatic ring is 1. The van der Waals surface area contributed by atoms with Gasteiger partial charge in [0.2, 0.25) is 0 Å². The molecule has 13 nitrogen and oxygen atoms in total. The molecule has 0 aliphatic rings. The number of rotatable bonds is 8. The molecule has 0 saturated carbocycles. The third kappa shape index (κ3) is 9.26. The summed E-state index contributed by atoms with van der Waals surface area (Å²) in [5.74, 6) is -3.93. The van der Waals surface area contributed by atoms with Crippen molar-refractivity contribution in [1.29, 1.82) is 5.41 Å². The lowest BCUT2D eigenvalue weighted by atomic mass is 9.93. The Bertz CT molecular complexity index is 1610. The van der Waals surface area contributed by atoms with Crippen LogP contribution in [-0.4, -0.2) is 64.6 Å². The number of amides is 2. The minimum absolute atomic E-state index is 0.0435. The van der Waals surface area contributed by atoms with Crippen LogP contribution in [0.1, 0.15) is 50.5 Å². The first-order valence-corrected chi connectivity index (χ1v) is 13.5. The Labute approximate surface area is 235 Å². The van der Waals surface area contributed by atoms with E-state index in [-0.39, 0.29) is 28.1 Å². The van der Waals surface area contributed by atoms with E-state index in [1.807, 2.05) is 0 Å². The summed E-state index contributed by atoms with van der Waals surface area (Å²) in [4.78, 5) is 49.0. The lowest BCUT2D eigenvalue weighted by Crippen LogP contribution is -2.49. The van der Waals surface area contributed by atoms with Crippen LogP contribution in [0.15, 0.2) is 66.7 Å². The van der Waals surface area contributed by atoms with Gasteiger partial charge < -0.3 is 26.6 Å². The van der Waals surface area contributed by atoms with Crippen LogP contribution in [0.25, 0.3) is 11.1 Å². The molecule has 0 saturated heterocycles. The van der Waals surface area contributed by atoms with Crippen LogP contribution < -0.4 is 16.4 Å². The molecule has 0 atom stereocenters. The van der Waals surface area contributed by atoms with E-state index < -0.39 is 39.4 Å². The second kappa shape index (κ2) is 12.8. The van der Waals surface area contributed by atoms with Crippen molar-refractivity contribution < 1.29 is 42.4 Å². The number of nitrogens with two attached hydrogens (primary N) is 1. The minimum Gasteiger partial charge on any atom is -0.480 e. The number of benzene rings is 3. The maximum Gasteiger partial charge on any atom is 0.336 e. The van der Waals surface area contributed by atoms with Crippen molar-refractivity contribution >= 4 is 45.4 Å². The Morgan fingerprint density at radius 3 is 1.85 bits per heavy atom. The van der Waals surface area contributed by atoms with Crippen LogP contribution in [0.5, 0.6) is 0 Å². The largest absolute Gasteiger partial charge is 0.480 e. The highest BCUT2D eigenvalue weighted by atomic mass is 32.2. The molecule has 0 spiro atoms. The van der Waals surface area contributed by atoms with E-state index in [2.05, 4.69) is 10.6 Å². The fourth-order valence-electron chi connectivity index (χ4n) is 3.35. The normalized spacial score (nSPS) is 10.9. The minimum atomic E-state index is -3.67. The smallest absolute Gasteiger partial charge is 0.336 e. The van der Waals surface area contributed by atoms with Crippen LogP contribution in [-0.2, 0) is 14.9 Å². The summed E-state index contributed by atoms with van der Waals surface area (Å²) < 4.78 is 25.9. The number of hydrogen-bond acceptors (Lipinski definition) is 7. The monoisotopic (exact) mass is 584 g/mol. The summed E-state index contributed by atoms with van der Waals surface area (Å²) in [6.07, 6.45) is 0.715. The predicted octanol–water partition coefficient (Wildman–Crippen LogP) is 2.69. The molecule has 8 N–H and O–H groups in total. The number of carboxylic acid groups (broad SMARTS) is 2. The molecule has 0 aliphatic carbocycles. The number of aliphatic carboxylic acids is 1. The zero-order valence-corrected chi connectivity index (χ0v) is 22.9. The zero-order valence-electron chi connectivity index (χ0n) is 22.1. The summed E-state index contributed by atoms with van der Waals surface area (Å²) in [6.45, 7) is 2.62. The van der Waals surface area contributed by atoms with Crippen molar-refractivity contribution in [1.82, 2.24) is 5.32 Å². The number of carbonyl (C=O) groups excluding carboxylic acids is 2. The second-order valence-electron chi connectivity index (χ2n) is 9.17. The molecular formula is C27H28N4O9S. The quantitative estimate of drug-likeness (QED) is 0.116. The number of hydrogen-bond donors (Lipinski definition) is 7. The highest BCUT2D eigenvalue weighted by Gasteiger charge is 2.30. The molecule has 14 heteroatoms. The first kappa shape index (κ1) is 32.1. The summed E-state index contributed by atoms with van der Waals surface area (Å²) in [6, 6.07) is 16.7. The van der Waals surface area contributed by atoms with E-state index in [0.29, 0.717) is 23.1 Å². The number of amidine groups is 1. The molecule has 0 heterocycles. The standard InChI is InChI=1S/C26H24N4O6.CH4O3S/c1-26(2,25(35)36)30-22(31)15-9-12-18(20(13-15)24(33)34)17-5-3-4-6-19(17)23(32)29-16-10-7-14(8-11-16)21(27)28;1-5(2,3)4/h3-13H,1-2H3,(H3,27,28)(H,29,32)(H,30,31)(H,33,34)(H,35,36);1H3,(H,2,3,4). The molecule has 3 rings (SSSR count). The van der Waals surface area contributed by atoms with Crippen LogP contribution in [0, 0.1) is 5.41 Å². The van der Waals surface area contributed by atoms with Gasteiger partial charge in [0.15, 0.2) is 0 Å². The van der Waals surface area contributed by atoms with Gasteiger partial charge in [-0.3, -0.25) is 19.6 Å². The van der Waals surface area contributed by atoms with E-state index in [9.17, 15) is 37.8 Å². The summed E-state index contributed by atoms with van der Waals surface area (Å²) in [5.41, 5.74) is 5.28. The molecule has 3 aromatic carbocycles. The fourth-order valence-corrected chi connectivity index (χ4v) is 3.35. The van der Waals surface area contributed by atoms with Gasteiger partial charge in [0.1, 0.15) is 11.4 Å². The maximum atomic E-state index is 13.1. The van der Waals surface area contributed by atoms with Gasteiger partial charge in [-0.25, -0.2) is 9.59 Å². The van der Waals surface area contributed by atoms with Crippen LogP contribution in [0.3, 0.4) is 0 Å². The molecule has 0 aliphatic heterocycles. The third-order valence-electron chi connectivity index (χ3n) is 5.39. The number of carboxylic acids is 2. The highest BCUT2D eigenvalue weighted by Crippen LogP contribution is 2.29. The van der Waals surface area contributed by atoms with Gasteiger partial charge >= 0.3 is 11.9 Å². The van der Waals surface area contributed by atoms with E-state index in [4.69, 9.17) is 15.7 Å². The van der Waals surface area contributed by atoms with Crippen molar-refractivity contribution in [2.75, 3.05) is 11.6 Å². The molecule has 216 valence electrons. The molecule has 0 radical (unpaired) electrons. The first-order valence-electron chi connectivity index (χ1n) is 11.6. The van der Waals surface area contributed by atoms with Gasteiger partial charge in [0, 0.05) is 22.4 Å². The summed E-state index contributed by atoms with van der Waals surface area (Å²) in [7, 11) is -3.67. The first-order chi connectivity index (χ1) is 18.9. The Hall–Kier alpha value is -5.08. The van der Waals surface area contributed by atoms with Crippen molar-refractivity contribution in [2.45, 2.75) is 19.4 Å². The lowest BCUT2D eigenvalue weighted by Gasteiger charge is -2.21. The van der Waals surface area contributed by atoms with Gasteiger partial charge in [0.05, 0.1) is 11.8 Å². The number of carbonyl (C=O) groups is 4. The topological polar surface area (TPSA) is 237 Å². The molecule has 0 bridgehead atoms. The lowest BCUT2D eigenvalue weighted by molar-refractivity contribution is -0.143. The average molecular weight is 585 g/mol. The molecule has 3 aromatic rings. The van der Waals surface area contributed by atoms with Gasteiger partial charge in [-0.1, -0.05) is 24.3 Å². The van der Waals surface area contributed by atoms with E-state index >= 15 is 0 Å². The Morgan fingerprint density at radius 1 is 0.829 bits per heavy atom. The number of aromatic carboxylic acids is 1. The summed E-state index contributed by atoms with van der Waals surface area (Å²) >= 11 is 0. The fraction of sp³-hybridized carbons (Fsp3) is 0.148. The average Bonchev–Trinajstić information content (AvgIpc) is 2.87. The second-order valence-corrected chi connectivity index (χ2v) is 10.6. The molecule has 2 amide bonds. The van der Waals surface area contributed by atoms with E-state index in [1.165, 1.54) is 32.0 Å². The van der Waals surface area contributed by atoms with E-state index in [1.54, 1.807) is 42.5 Å². The molecular weight excluding hydrogens is 556 g/mol. The van der Waals surface area contributed by atoms with Crippen LogP contribution in [0.2, 0.25) is 0 Å². The van der Waals surface area contributed by atoms with Crippen LogP contribution >= 0.6 is 0 Å². The number of nitrogens with one attached hydrogen (secondary N) is 3. The van der Waals surface area contributed by atoms with Crippen molar-refractivity contribution in [3.63, 3.8) is 0 Å². The summed E-state index contributed by atoms with van der Waals surface area (Å²) in [5, 5.41) is 31.6. The molecule has 0 unspecified atom stereocenters. The Kier molecular flexibility index (Phi) is 10.1. The predicted molar refractivity (Wildman–Crippen MR) is 151 cm³/mol. The van der Waals surface area contributed by atoms with Gasteiger partial charge in [-0.15, -0.1) is 0 Å².